The van der Waals surface area contributed by atoms with Crippen molar-refractivity contribution in [3.8, 4) is 0 Å². The summed E-state index contributed by atoms with van der Waals surface area (Å²) in [6.07, 6.45) is -1.56. The zero-order valence-electron chi connectivity index (χ0n) is 16.4. The van der Waals surface area contributed by atoms with E-state index in [9.17, 15) is 9.59 Å². The third-order valence-electron chi connectivity index (χ3n) is 4.24. The summed E-state index contributed by atoms with van der Waals surface area (Å²) in [6, 6.07) is 15.3. The fourth-order valence-corrected chi connectivity index (χ4v) is 3.10. The largest absolute Gasteiger partial charge is 0.457 e. The molecule has 0 spiro atoms. The lowest BCUT2D eigenvalue weighted by Gasteiger charge is -2.26. The van der Waals surface area contributed by atoms with Gasteiger partial charge < -0.3 is 9.47 Å². The zero-order valence-corrected chi connectivity index (χ0v) is 16.4. The van der Waals surface area contributed by atoms with E-state index in [1.165, 1.54) is 4.57 Å². The molecular weight excluding hydrogens is 342 g/mol. The van der Waals surface area contributed by atoms with Crippen molar-refractivity contribution >= 4 is 33.9 Å². The van der Waals surface area contributed by atoms with E-state index in [1.807, 2.05) is 62.4 Å². The summed E-state index contributed by atoms with van der Waals surface area (Å²) >= 11 is 0. The van der Waals surface area contributed by atoms with Crippen molar-refractivity contribution in [3.05, 3.63) is 48.5 Å². The Bertz CT molecular complexity index is 941. The van der Waals surface area contributed by atoms with Gasteiger partial charge in [0.1, 0.15) is 5.60 Å². The normalized spacial score (nSPS) is 13.1. The van der Waals surface area contributed by atoms with Crippen LogP contribution in [0.15, 0.2) is 48.5 Å². The maximum atomic E-state index is 13.1. The molecule has 0 radical (unpaired) electrons. The first-order valence-electron chi connectivity index (χ1n) is 9.11. The van der Waals surface area contributed by atoms with Crippen LogP contribution in [-0.4, -0.2) is 28.3 Å². The van der Waals surface area contributed by atoms with Crippen LogP contribution in [0.4, 0.5) is 4.79 Å². The number of carbonyl (C=O) groups is 2. The lowest BCUT2D eigenvalue weighted by atomic mass is 10.1. The zero-order chi connectivity index (χ0) is 19.8. The number of para-hydroxylation sites is 2. The first-order valence-corrected chi connectivity index (χ1v) is 9.11. The van der Waals surface area contributed by atoms with Crippen LogP contribution in [0.2, 0.25) is 0 Å². The molecule has 0 aliphatic carbocycles. The van der Waals surface area contributed by atoms with Crippen LogP contribution in [0.1, 0.15) is 34.6 Å². The number of rotatable bonds is 3. The minimum atomic E-state index is -0.975. The number of fused-ring (bicyclic) bond motifs is 3. The molecule has 5 heteroatoms. The third kappa shape index (κ3) is 3.82. The summed E-state index contributed by atoms with van der Waals surface area (Å²) in [6.45, 7) is 9.02. The van der Waals surface area contributed by atoms with Gasteiger partial charge in [-0.2, -0.15) is 0 Å². The summed E-state index contributed by atoms with van der Waals surface area (Å²) < 4.78 is 12.6. The number of aromatic nitrogens is 1. The lowest BCUT2D eigenvalue weighted by molar-refractivity contribution is -0.167. The van der Waals surface area contributed by atoms with E-state index in [1.54, 1.807) is 20.8 Å². The second-order valence-corrected chi connectivity index (χ2v) is 7.95. The van der Waals surface area contributed by atoms with Gasteiger partial charge in [0.15, 0.2) is 0 Å². The Morgan fingerprint density at radius 3 is 1.81 bits per heavy atom. The van der Waals surface area contributed by atoms with Crippen molar-refractivity contribution in [2.24, 2.45) is 5.92 Å². The average molecular weight is 367 g/mol. The molecular formula is C22H25NO4. The molecule has 0 fully saturated rings. The predicted molar refractivity (Wildman–Crippen MR) is 106 cm³/mol. The minimum absolute atomic E-state index is 0.211. The molecule has 142 valence electrons. The predicted octanol–water partition coefficient (Wildman–Crippen LogP) is 5.15. The van der Waals surface area contributed by atoms with Crippen molar-refractivity contribution in [2.75, 3.05) is 0 Å². The molecule has 0 aliphatic heterocycles. The molecule has 0 unspecified atom stereocenters. The second-order valence-electron chi connectivity index (χ2n) is 7.95. The van der Waals surface area contributed by atoms with Gasteiger partial charge in [0.25, 0.3) is 0 Å². The van der Waals surface area contributed by atoms with Crippen LogP contribution in [0.3, 0.4) is 0 Å². The standard InChI is InChI=1S/C22H25NO4/c1-14(2)19(20(24)27-22(3,4)5)26-21(25)23-17-12-8-6-10-15(17)16-11-7-9-13-18(16)23/h6-14,19H,1-5H3/t19-/m0/s1. The van der Waals surface area contributed by atoms with Crippen molar-refractivity contribution in [1.82, 2.24) is 4.57 Å². The van der Waals surface area contributed by atoms with E-state index in [-0.39, 0.29) is 5.92 Å². The average Bonchev–Trinajstić information content (AvgIpc) is 2.92. The number of ether oxygens (including phenoxy) is 2. The number of carbonyl (C=O) groups excluding carboxylic acids is 2. The summed E-state index contributed by atoms with van der Waals surface area (Å²) in [5, 5.41) is 1.92. The van der Waals surface area contributed by atoms with E-state index in [4.69, 9.17) is 9.47 Å². The molecule has 0 saturated carbocycles. The van der Waals surface area contributed by atoms with Crippen LogP contribution in [-0.2, 0) is 14.3 Å². The van der Waals surface area contributed by atoms with Gasteiger partial charge in [0.2, 0.25) is 6.10 Å². The van der Waals surface area contributed by atoms with E-state index in [2.05, 4.69) is 0 Å². The van der Waals surface area contributed by atoms with Crippen molar-refractivity contribution in [2.45, 2.75) is 46.3 Å². The Kier molecular flexibility index (Phi) is 4.96. The van der Waals surface area contributed by atoms with Crippen LogP contribution in [0.5, 0.6) is 0 Å². The van der Waals surface area contributed by atoms with Gasteiger partial charge in [0.05, 0.1) is 11.0 Å². The van der Waals surface area contributed by atoms with Crippen LogP contribution < -0.4 is 0 Å². The molecule has 1 heterocycles. The third-order valence-corrected chi connectivity index (χ3v) is 4.24. The summed E-state index contributed by atoms with van der Waals surface area (Å²) in [5.74, 6) is -0.747. The minimum Gasteiger partial charge on any atom is -0.457 e. The summed E-state index contributed by atoms with van der Waals surface area (Å²) in [4.78, 5) is 25.6. The van der Waals surface area contributed by atoms with Gasteiger partial charge in [-0.25, -0.2) is 14.2 Å². The number of hydrogen-bond donors (Lipinski definition) is 0. The fraction of sp³-hybridized carbons (Fsp3) is 0.364. The maximum Gasteiger partial charge on any atom is 0.419 e. The molecule has 0 bridgehead atoms. The molecule has 0 N–H and O–H groups in total. The quantitative estimate of drug-likeness (QED) is 0.601. The molecule has 2 aromatic carbocycles. The Morgan fingerprint density at radius 1 is 0.889 bits per heavy atom. The number of benzene rings is 2. The Morgan fingerprint density at radius 2 is 1.37 bits per heavy atom. The molecule has 3 rings (SSSR count). The molecule has 5 nitrogen and oxygen atoms in total. The number of hydrogen-bond acceptors (Lipinski definition) is 4. The molecule has 3 aromatic rings. The molecule has 0 amide bonds. The second kappa shape index (κ2) is 7.06. The fourth-order valence-electron chi connectivity index (χ4n) is 3.10. The number of esters is 1. The van der Waals surface area contributed by atoms with E-state index < -0.39 is 23.8 Å². The SMILES string of the molecule is CC(C)[C@H](OC(=O)n1c2ccccc2c2ccccc21)C(=O)OC(C)(C)C. The molecule has 0 aliphatic rings. The smallest absolute Gasteiger partial charge is 0.419 e. The number of nitrogens with zero attached hydrogens (tertiary/aromatic N) is 1. The van der Waals surface area contributed by atoms with Gasteiger partial charge in [-0.3, -0.25) is 0 Å². The molecule has 1 atom stereocenters. The Hall–Kier alpha value is -2.82. The topological polar surface area (TPSA) is 57.5 Å². The summed E-state index contributed by atoms with van der Waals surface area (Å²) in [7, 11) is 0. The van der Waals surface area contributed by atoms with E-state index >= 15 is 0 Å². The molecule has 0 saturated heterocycles. The maximum absolute atomic E-state index is 13.1. The van der Waals surface area contributed by atoms with Crippen molar-refractivity contribution < 1.29 is 19.1 Å². The highest BCUT2D eigenvalue weighted by molar-refractivity contribution is 6.12. The monoisotopic (exact) mass is 367 g/mol. The van der Waals surface area contributed by atoms with Crippen LogP contribution >= 0.6 is 0 Å². The highest BCUT2D eigenvalue weighted by Crippen LogP contribution is 2.29. The first kappa shape index (κ1) is 19.0. The van der Waals surface area contributed by atoms with E-state index in [0.29, 0.717) is 0 Å². The van der Waals surface area contributed by atoms with E-state index in [0.717, 1.165) is 21.8 Å². The van der Waals surface area contributed by atoms with Crippen LogP contribution in [0, 0.1) is 5.92 Å². The Balaban J connectivity index is 2.00. The van der Waals surface area contributed by atoms with Crippen molar-refractivity contribution in [1.29, 1.82) is 0 Å². The van der Waals surface area contributed by atoms with Gasteiger partial charge >= 0.3 is 12.1 Å². The van der Waals surface area contributed by atoms with Gasteiger partial charge in [-0.05, 0) is 32.9 Å². The van der Waals surface area contributed by atoms with Gasteiger partial charge in [0, 0.05) is 16.7 Å². The molecule has 1 aromatic heterocycles. The highest BCUT2D eigenvalue weighted by atomic mass is 16.6. The van der Waals surface area contributed by atoms with Gasteiger partial charge in [-0.1, -0.05) is 50.2 Å². The molecule has 27 heavy (non-hydrogen) atoms. The lowest BCUT2D eigenvalue weighted by Crippen LogP contribution is -2.38. The first-order chi connectivity index (χ1) is 12.7. The summed E-state index contributed by atoms with van der Waals surface area (Å²) in [5.41, 5.74) is 0.842. The Labute approximate surface area is 158 Å². The van der Waals surface area contributed by atoms with Gasteiger partial charge in [-0.15, -0.1) is 0 Å². The van der Waals surface area contributed by atoms with Crippen molar-refractivity contribution in [3.63, 3.8) is 0 Å². The van der Waals surface area contributed by atoms with Crippen LogP contribution in [0.25, 0.3) is 21.8 Å². The highest BCUT2D eigenvalue weighted by Gasteiger charge is 2.32.